The van der Waals surface area contributed by atoms with E-state index in [1.165, 1.54) is 17.3 Å². The van der Waals surface area contributed by atoms with Gasteiger partial charge in [0.2, 0.25) is 11.7 Å². The number of alkyl halides is 2. The minimum atomic E-state index is -2.96. The van der Waals surface area contributed by atoms with Crippen molar-refractivity contribution < 1.29 is 22.4 Å². The van der Waals surface area contributed by atoms with Crippen LogP contribution in [0.3, 0.4) is 0 Å². The van der Waals surface area contributed by atoms with Crippen molar-refractivity contribution in [3.63, 3.8) is 0 Å². The van der Waals surface area contributed by atoms with Gasteiger partial charge in [0.05, 0.1) is 23.2 Å². The Labute approximate surface area is 161 Å². The number of carbonyl (C=O) groups is 1. The number of aromatic nitrogens is 5. The van der Waals surface area contributed by atoms with Crippen LogP contribution in [0.15, 0.2) is 41.4 Å². The van der Waals surface area contributed by atoms with Gasteiger partial charge in [-0.2, -0.15) is 9.49 Å². The van der Waals surface area contributed by atoms with Crippen molar-refractivity contribution in [3.05, 3.63) is 71.5 Å². The molecule has 5 rings (SSSR count). The average Bonchev–Trinajstić information content (AvgIpc) is 3.44. The zero-order chi connectivity index (χ0) is 20.1. The third-order valence-corrected chi connectivity index (χ3v) is 4.92. The lowest BCUT2D eigenvalue weighted by Gasteiger charge is -2.33. The molecule has 1 amide bonds. The summed E-state index contributed by atoms with van der Waals surface area (Å²) in [5.74, 6) is -1.85. The molecule has 5 heterocycles. The van der Waals surface area contributed by atoms with Crippen LogP contribution in [0.4, 0.5) is 13.2 Å². The van der Waals surface area contributed by atoms with Gasteiger partial charge < -0.3 is 14.3 Å². The van der Waals surface area contributed by atoms with Gasteiger partial charge in [-0.05, 0) is 18.2 Å². The number of nitrogens with zero attached hydrogens (tertiary/aromatic N) is 5. The van der Waals surface area contributed by atoms with E-state index in [-0.39, 0.29) is 6.54 Å². The quantitative estimate of drug-likeness (QED) is 0.532. The van der Waals surface area contributed by atoms with E-state index in [1.807, 2.05) is 0 Å². The molecular formula is C18H13F3N6O2. The van der Waals surface area contributed by atoms with E-state index >= 15 is 0 Å². The summed E-state index contributed by atoms with van der Waals surface area (Å²) in [7, 11) is 0. The highest BCUT2D eigenvalue weighted by Gasteiger charge is 2.39. The highest BCUT2D eigenvalue weighted by Crippen LogP contribution is 2.35. The van der Waals surface area contributed by atoms with Gasteiger partial charge in [0, 0.05) is 18.7 Å². The Morgan fingerprint density at radius 1 is 1.31 bits per heavy atom. The Balaban J connectivity index is 1.63. The molecule has 1 aliphatic heterocycles. The topological polar surface area (TPSA) is 92.3 Å². The molecule has 0 spiro atoms. The zero-order valence-electron chi connectivity index (χ0n) is 14.7. The van der Waals surface area contributed by atoms with Gasteiger partial charge in [0.1, 0.15) is 6.04 Å². The van der Waals surface area contributed by atoms with Crippen molar-refractivity contribution in [2.45, 2.75) is 18.9 Å². The monoisotopic (exact) mass is 402 g/mol. The van der Waals surface area contributed by atoms with Crippen LogP contribution in [0.5, 0.6) is 0 Å². The predicted molar refractivity (Wildman–Crippen MR) is 91.8 cm³/mol. The first-order chi connectivity index (χ1) is 14.0. The second-order valence-electron chi connectivity index (χ2n) is 6.54. The number of hydrogen-bond donors (Lipinski definition) is 1. The van der Waals surface area contributed by atoms with Gasteiger partial charge in [0.15, 0.2) is 12.1 Å². The molecule has 11 heteroatoms. The van der Waals surface area contributed by atoms with Crippen LogP contribution in [0.2, 0.25) is 0 Å². The van der Waals surface area contributed by atoms with E-state index in [9.17, 15) is 18.0 Å². The molecule has 0 aromatic carbocycles. The second kappa shape index (κ2) is 6.47. The molecule has 1 N–H and O–H groups in total. The van der Waals surface area contributed by atoms with Crippen LogP contribution in [0.25, 0.3) is 5.52 Å². The molecule has 0 aliphatic carbocycles. The third kappa shape index (κ3) is 2.69. The molecule has 0 saturated carbocycles. The van der Waals surface area contributed by atoms with E-state index in [2.05, 4.69) is 20.1 Å². The van der Waals surface area contributed by atoms with Crippen molar-refractivity contribution in [2.24, 2.45) is 0 Å². The molecule has 1 atom stereocenters. The number of nitrogens with one attached hydrogen (secondary N) is 1. The zero-order valence-corrected chi connectivity index (χ0v) is 14.7. The van der Waals surface area contributed by atoms with Crippen LogP contribution < -0.4 is 0 Å². The lowest BCUT2D eigenvalue weighted by Crippen LogP contribution is -2.41. The molecule has 8 nitrogen and oxygen atoms in total. The number of carbonyl (C=O) groups excluding carboxylic acids is 1. The Morgan fingerprint density at radius 3 is 2.97 bits per heavy atom. The Bertz CT molecular complexity index is 1210. The lowest BCUT2D eigenvalue weighted by molar-refractivity contribution is 0.0639. The Morgan fingerprint density at radius 2 is 2.17 bits per heavy atom. The lowest BCUT2D eigenvalue weighted by atomic mass is 9.99. The number of fused-ring (bicyclic) bond motifs is 2. The summed E-state index contributed by atoms with van der Waals surface area (Å²) < 4.78 is 46.6. The van der Waals surface area contributed by atoms with Crippen LogP contribution in [-0.2, 0) is 6.42 Å². The second-order valence-corrected chi connectivity index (χ2v) is 6.54. The largest absolute Gasteiger partial charge is 0.438 e. The first kappa shape index (κ1) is 17.5. The van der Waals surface area contributed by atoms with Crippen molar-refractivity contribution >= 4 is 11.4 Å². The molecule has 0 fully saturated rings. The van der Waals surface area contributed by atoms with Crippen LogP contribution >= 0.6 is 0 Å². The maximum atomic E-state index is 14.1. The molecule has 0 radical (unpaired) electrons. The summed E-state index contributed by atoms with van der Waals surface area (Å²) in [5.41, 5.74) is 1.44. The fourth-order valence-electron chi connectivity index (χ4n) is 3.63. The third-order valence-electron chi connectivity index (χ3n) is 4.92. The summed E-state index contributed by atoms with van der Waals surface area (Å²) in [4.78, 5) is 25.2. The molecule has 0 unspecified atom stereocenters. The molecule has 1 aliphatic rings. The minimum Gasteiger partial charge on any atom is -0.438 e. The Kier molecular flexibility index (Phi) is 3.89. The van der Waals surface area contributed by atoms with Crippen molar-refractivity contribution in [1.29, 1.82) is 0 Å². The van der Waals surface area contributed by atoms with Gasteiger partial charge in [-0.15, -0.1) is 0 Å². The number of pyridine rings is 1. The molecule has 4 aromatic heterocycles. The van der Waals surface area contributed by atoms with Crippen LogP contribution in [-0.4, -0.2) is 41.9 Å². The summed E-state index contributed by atoms with van der Waals surface area (Å²) >= 11 is 0. The number of rotatable bonds is 3. The molecule has 4 aromatic rings. The fraction of sp³-hybridized carbons (Fsp3) is 0.222. The normalized spacial score (nSPS) is 16.6. The standard InChI is InChI=1S/C18H13F3N6O2/c19-12-3-1-2-9-6-11(25-27(9)12)15-13-10(22-7-23-13)4-5-26(15)18(28)16-14(17(20)21)24-8-29-16/h1-3,6-8,15,17H,4-5H2,(H,22,23)/t15-/m1/s1. The predicted octanol–water partition coefficient (Wildman–Crippen LogP) is 2.91. The maximum Gasteiger partial charge on any atom is 0.292 e. The Hall–Kier alpha value is -3.63. The van der Waals surface area contributed by atoms with E-state index in [4.69, 9.17) is 4.42 Å². The van der Waals surface area contributed by atoms with Gasteiger partial charge in [0.25, 0.3) is 12.3 Å². The van der Waals surface area contributed by atoms with Crippen molar-refractivity contribution in [3.8, 4) is 0 Å². The van der Waals surface area contributed by atoms with Crippen LogP contribution in [0, 0.1) is 5.95 Å². The van der Waals surface area contributed by atoms with E-state index in [0.717, 1.165) is 16.6 Å². The fourth-order valence-corrected chi connectivity index (χ4v) is 3.63. The van der Waals surface area contributed by atoms with E-state index in [0.29, 0.717) is 23.3 Å². The smallest absolute Gasteiger partial charge is 0.292 e. The molecule has 29 heavy (non-hydrogen) atoms. The number of H-pyrrole nitrogens is 1. The molecule has 148 valence electrons. The van der Waals surface area contributed by atoms with Gasteiger partial charge in [-0.1, -0.05) is 6.07 Å². The molecule has 0 bridgehead atoms. The number of halogens is 3. The van der Waals surface area contributed by atoms with Crippen LogP contribution in [0.1, 0.15) is 45.8 Å². The van der Waals surface area contributed by atoms with E-state index < -0.39 is 35.8 Å². The van der Waals surface area contributed by atoms with Gasteiger partial charge in [-0.25, -0.2) is 23.3 Å². The van der Waals surface area contributed by atoms with Crippen molar-refractivity contribution in [2.75, 3.05) is 6.54 Å². The number of imidazole rings is 1. The SMILES string of the molecule is O=C(c1ocnc1C(F)F)N1CCc2[nH]cnc2[C@H]1c1cc2cccc(F)n2n1. The maximum absolute atomic E-state index is 14.1. The summed E-state index contributed by atoms with van der Waals surface area (Å²) in [5, 5.41) is 4.29. The van der Waals surface area contributed by atoms with Gasteiger partial charge >= 0.3 is 0 Å². The first-order valence-corrected chi connectivity index (χ1v) is 8.73. The molecule has 0 saturated heterocycles. The first-order valence-electron chi connectivity index (χ1n) is 8.73. The minimum absolute atomic E-state index is 0.207. The summed E-state index contributed by atoms with van der Waals surface area (Å²) in [6, 6.07) is 5.31. The van der Waals surface area contributed by atoms with Crippen molar-refractivity contribution in [1.82, 2.24) is 29.5 Å². The number of oxazole rings is 1. The van der Waals surface area contributed by atoms with Gasteiger partial charge in [-0.3, -0.25) is 4.79 Å². The highest BCUT2D eigenvalue weighted by molar-refractivity contribution is 5.93. The number of aromatic amines is 1. The highest BCUT2D eigenvalue weighted by atomic mass is 19.3. The molecular weight excluding hydrogens is 389 g/mol. The summed E-state index contributed by atoms with van der Waals surface area (Å²) in [6.45, 7) is 0.207. The number of amides is 1. The summed E-state index contributed by atoms with van der Waals surface area (Å²) in [6.07, 6.45) is -0.215. The number of hydrogen-bond acceptors (Lipinski definition) is 5. The van der Waals surface area contributed by atoms with E-state index in [1.54, 1.807) is 18.2 Å². The average molecular weight is 402 g/mol.